The van der Waals surface area contributed by atoms with Crippen molar-refractivity contribution in [3.63, 3.8) is 0 Å². The fraction of sp³-hybridized carbons (Fsp3) is 0.923. The summed E-state index contributed by atoms with van der Waals surface area (Å²) in [6.07, 6.45) is 27.2. The van der Waals surface area contributed by atoms with Crippen molar-refractivity contribution in [1.82, 2.24) is 0 Å². The predicted molar refractivity (Wildman–Crippen MR) is 133 cm³/mol. The molecule has 0 fully saturated rings. The Labute approximate surface area is 189 Å². The lowest BCUT2D eigenvalue weighted by Gasteiger charge is -2.40. The molecule has 0 radical (unpaired) electrons. The number of hydrogen-bond acceptors (Lipinski definition) is 2. The van der Waals surface area contributed by atoms with Crippen LogP contribution in [-0.2, 0) is 9.13 Å². The fourth-order valence-corrected chi connectivity index (χ4v) is 5.56. The summed E-state index contributed by atoms with van der Waals surface area (Å²) in [4.78, 5) is 0. The molecule has 0 N–H and O–H groups in total. The van der Waals surface area contributed by atoms with Crippen molar-refractivity contribution in [2.75, 3.05) is 21.1 Å². The Morgan fingerprint density at radius 1 is 0.633 bits per heavy atom. The van der Waals surface area contributed by atoms with Gasteiger partial charge in [0.1, 0.15) is 0 Å². The van der Waals surface area contributed by atoms with Crippen LogP contribution >= 0.6 is 7.68 Å². The monoisotopic (exact) mass is 442 g/mol. The molecular formula is C26H53NO2P+. The topological polar surface area (TPSA) is 34.1 Å². The highest BCUT2D eigenvalue weighted by Crippen LogP contribution is 2.43. The summed E-state index contributed by atoms with van der Waals surface area (Å²) in [5.41, 5.74) is 0. The third-order valence-electron chi connectivity index (χ3n) is 6.72. The number of hydrogen-bond donors (Lipinski definition) is 0. The van der Waals surface area contributed by atoms with E-state index in [0.29, 0.717) is 10.9 Å². The molecule has 178 valence electrons. The van der Waals surface area contributed by atoms with Gasteiger partial charge in [-0.1, -0.05) is 103 Å². The van der Waals surface area contributed by atoms with Crippen LogP contribution in [0.25, 0.3) is 0 Å². The quantitative estimate of drug-likeness (QED) is 0.0768. The van der Waals surface area contributed by atoms with Gasteiger partial charge in [-0.05, 0) is 25.7 Å². The van der Waals surface area contributed by atoms with E-state index in [1.54, 1.807) is 0 Å². The number of allylic oxidation sites excluding steroid dienone is 2. The van der Waals surface area contributed by atoms with Crippen molar-refractivity contribution in [3.8, 4) is 0 Å². The fourth-order valence-electron chi connectivity index (χ4n) is 4.47. The zero-order chi connectivity index (χ0) is 22.7. The van der Waals surface area contributed by atoms with Crippen LogP contribution in [0.2, 0.25) is 0 Å². The van der Waals surface area contributed by atoms with E-state index in [-0.39, 0.29) is 0 Å². The molecule has 0 saturated carbocycles. The first-order valence-corrected chi connectivity index (χ1v) is 14.1. The van der Waals surface area contributed by atoms with Crippen LogP contribution in [-0.4, -0.2) is 30.9 Å². The SMILES string of the molecule is CCCC=CCCCCCCCCCCCCCCCC(CC)(P(=O)=O)[N+](C)(C)C. The highest BCUT2D eigenvalue weighted by molar-refractivity contribution is 7.32. The van der Waals surface area contributed by atoms with E-state index in [1.165, 1.54) is 96.3 Å². The molecule has 4 heteroatoms. The Balaban J connectivity index is 3.54. The summed E-state index contributed by atoms with van der Waals surface area (Å²) in [7, 11) is 3.63. The van der Waals surface area contributed by atoms with E-state index < -0.39 is 13.0 Å². The van der Waals surface area contributed by atoms with E-state index in [1.807, 2.05) is 28.1 Å². The van der Waals surface area contributed by atoms with E-state index in [2.05, 4.69) is 19.1 Å². The number of nitrogens with zero attached hydrogens (tertiary/aromatic N) is 1. The smallest absolute Gasteiger partial charge is 0.314 e. The molecule has 0 heterocycles. The van der Waals surface area contributed by atoms with Gasteiger partial charge in [0.2, 0.25) is 5.28 Å². The largest absolute Gasteiger partial charge is 0.378 e. The minimum absolute atomic E-state index is 0.512. The second-order valence-electron chi connectivity index (χ2n) is 10.0. The minimum Gasteiger partial charge on any atom is -0.314 e. The Hall–Kier alpha value is -0.400. The average Bonchev–Trinajstić information content (AvgIpc) is 2.68. The first kappa shape index (κ1) is 29.6. The van der Waals surface area contributed by atoms with Crippen molar-refractivity contribution >= 4 is 7.68 Å². The van der Waals surface area contributed by atoms with Crippen molar-refractivity contribution in [2.45, 2.75) is 135 Å². The number of unbranched alkanes of at least 4 members (excludes halogenated alkanes) is 14. The lowest BCUT2D eigenvalue weighted by atomic mass is 10.0. The zero-order valence-corrected chi connectivity index (χ0v) is 22.0. The molecule has 3 nitrogen and oxygen atoms in total. The second kappa shape index (κ2) is 18.2. The van der Waals surface area contributed by atoms with E-state index in [0.717, 1.165) is 12.8 Å². The van der Waals surface area contributed by atoms with E-state index >= 15 is 0 Å². The molecular weight excluding hydrogens is 389 g/mol. The van der Waals surface area contributed by atoms with Crippen LogP contribution in [0.4, 0.5) is 0 Å². The zero-order valence-electron chi connectivity index (χ0n) is 21.1. The van der Waals surface area contributed by atoms with Crippen molar-refractivity contribution in [2.24, 2.45) is 0 Å². The van der Waals surface area contributed by atoms with Crippen LogP contribution < -0.4 is 0 Å². The molecule has 0 aliphatic heterocycles. The van der Waals surface area contributed by atoms with Crippen LogP contribution in [0, 0.1) is 0 Å². The highest BCUT2D eigenvalue weighted by atomic mass is 31.1. The summed E-state index contributed by atoms with van der Waals surface area (Å²) in [6, 6.07) is 0. The van der Waals surface area contributed by atoms with Gasteiger partial charge in [0.05, 0.1) is 21.1 Å². The lowest BCUT2D eigenvalue weighted by molar-refractivity contribution is -0.908. The standard InChI is InChI=1S/C26H53NO2P/c1-6-8-9-10-11-12-13-14-15-16-17-18-19-20-21-22-23-24-25-26(7-2,30(28)29)27(3,4)5/h9-10H,6-8,11-25H2,1-5H3/q+1. The Morgan fingerprint density at radius 3 is 1.40 bits per heavy atom. The van der Waals surface area contributed by atoms with Crippen molar-refractivity contribution < 1.29 is 13.6 Å². The van der Waals surface area contributed by atoms with Crippen LogP contribution in [0.5, 0.6) is 0 Å². The third-order valence-corrected chi connectivity index (χ3v) is 8.54. The predicted octanol–water partition coefficient (Wildman–Crippen LogP) is 9.18. The maximum Gasteiger partial charge on any atom is 0.378 e. The van der Waals surface area contributed by atoms with Gasteiger partial charge in [-0.2, -0.15) is 0 Å². The van der Waals surface area contributed by atoms with Gasteiger partial charge < -0.3 is 4.48 Å². The molecule has 0 rings (SSSR count). The normalized spacial score (nSPS) is 14.3. The Bertz CT molecular complexity index is 486. The Morgan fingerprint density at radius 2 is 1.03 bits per heavy atom. The molecule has 1 unspecified atom stereocenters. The average molecular weight is 443 g/mol. The maximum absolute atomic E-state index is 11.9. The van der Waals surface area contributed by atoms with Crippen LogP contribution in [0.1, 0.15) is 129 Å². The summed E-state index contributed by atoms with van der Waals surface area (Å²) in [6.45, 7) is 4.25. The molecule has 0 aliphatic rings. The molecule has 0 bridgehead atoms. The summed E-state index contributed by atoms with van der Waals surface area (Å²) in [5, 5.41) is -0.596. The summed E-state index contributed by atoms with van der Waals surface area (Å²) >= 11 is 0. The maximum atomic E-state index is 11.9. The lowest BCUT2D eigenvalue weighted by Crippen LogP contribution is -2.53. The molecule has 0 aliphatic carbocycles. The van der Waals surface area contributed by atoms with Gasteiger partial charge >= 0.3 is 7.68 Å². The van der Waals surface area contributed by atoms with E-state index in [9.17, 15) is 9.13 Å². The molecule has 0 amide bonds. The second-order valence-corrected chi connectivity index (χ2v) is 11.3. The van der Waals surface area contributed by atoms with Crippen LogP contribution in [0.3, 0.4) is 0 Å². The number of quaternary nitrogens is 1. The first-order chi connectivity index (χ1) is 14.3. The first-order valence-electron chi connectivity index (χ1n) is 12.9. The molecule has 0 saturated heterocycles. The minimum atomic E-state index is -2.41. The van der Waals surface area contributed by atoms with E-state index in [4.69, 9.17) is 0 Å². The van der Waals surface area contributed by atoms with Gasteiger partial charge in [-0.25, -0.2) is 9.13 Å². The summed E-state index contributed by atoms with van der Waals surface area (Å²) < 4.78 is 24.4. The molecule has 0 aromatic rings. The van der Waals surface area contributed by atoms with Crippen molar-refractivity contribution in [1.29, 1.82) is 0 Å². The molecule has 0 aromatic carbocycles. The molecule has 0 aromatic heterocycles. The molecule has 0 spiro atoms. The van der Waals surface area contributed by atoms with Crippen molar-refractivity contribution in [3.05, 3.63) is 12.2 Å². The molecule has 1 atom stereocenters. The van der Waals surface area contributed by atoms with Crippen LogP contribution in [0.15, 0.2) is 12.2 Å². The van der Waals surface area contributed by atoms with Gasteiger partial charge in [0, 0.05) is 12.8 Å². The van der Waals surface area contributed by atoms with Gasteiger partial charge in [-0.3, -0.25) is 0 Å². The number of rotatable bonds is 21. The molecule has 30 heavy (non-hydrogen) atoms. The Kier molecular flexibility index (Phi) is 18.0. The van der Waals surface area contributed by atoms with Gasteiger partial charge in [-0.15, -0.1) is 0 Å². The summed E-state index contributed by atoms with van der Waals surface area (Å²) in [5.74, 6) is 0. The third kappa shape index (κ3) is 13.1. The van der Waals surface area contributed by atoms with Gasteiger partial charge in [0.25, 0.3) is 0 Å². The highest BCUT2D eigenvalue weighted by Gasteiger charge is 2.46. The van der Waals surface area contributed by atoms with Gasteiger partial charge in [0.15, 0.2) is 0 Å².